The van der Waals surface area contributed by atoms with Crippen LogP contribution in [0.5, 0.6) is 5.75 Å². The summed E-state index contributed by atoms with van der Waals surface area (Å²) in [6.45, 7) is 4.27. The number of rotatable bonds is 5. The molecule has 0 aliphatic rings. The van der Waals surface area contributed by atoms with E-state index in [9.17, 15) is 0 Å². The van der Waals surface area contributed by atoms with Gasteiger partial charge in [-0.3, -0.25) is 0 Å². The zero-order valence-electron chi connectivity index (χ0n) is 10.1. The van der Waals surface area contributed by atoms with Crippen molar-refractivity contribution in [3.63, 3.8) is 0 Å². The van der Waals surface area contributed by atoms with Gasteiger partial charge < -0.3 is 4.74 Å². The molecular formula is C14H16ClNO. The van der Waals surface area contributed by atoms with Crippen LogP contribution in [0.3, 0.4) is 0 Å². The van der Waals surface area contributed by atoms with Crippen LogP contribution < -0.4 is 4.74 Å². The second-order valence-corrected chi connectivity index (χ2v) is 4.26. The summed E-state index contributed by atoms with van der Waals surface area (Å²) < 4.78 is 5.36. The van der Waals surface area contributed by atoms with Gasteiger partial charge in [0.05, 0.1) is 0 Å². The molecule has 0 spiro atoms. The van der Waals surface area contributed by atoms with E-state index in [1.54, 1.807) is 0 Å². The fraction of sp³-hybridized carbons (Fsp3) is 0.357. The van der Waals surface area contributed by atoms with Gasteiger partial charge in [-0.2, -0.15) is 5.26 Å². The van der Waals surface area contributed by atoms with E-state index in [0.29, 0.717) is 11.8 Å². The van der Waals surface area contributed by atoms with Gasteiger partial charge in [0.1, 0.15) is 11.8 Å². The summed E-state index contributed by atoms with van der Waals surface area (Å²) in [7, 11) is 0. The molecule has 0 saturated carbocycles. The van der Waals surface area contributed by atoms with Crippen molar-refractivity contribution >= 4 is 17.7 Å². The highest BCUT2D eigenvalue weighted by Gasteiger charge is 2.05. The van der Waals surface area contributed by atoms with E-state index in [1.807, 2.05) is 36.4 Å². The number of ether oxygens (including phenoxy) is 1. The first-order chi connectivity index (χ1) is 8.19. The van der Waals surface area contributed by atoms with E-state index >= 15 is 0 Å². The number of para-hydroxylation sites is 1. The number of hydrogen-bond acceptors (Lipinski definition) is 2. The number of halogens is 1. The highest BCUT2D eigenvalue weighted by Crippen LogP contribution is 2.23. The molecule has 17 heavy (non-hydrogen) atoms. The predicted octanol–water partition coefficient (Wildman–Crippen LogP) is 3.87. The molecule has 1 aromatic carbocycles. The number of benzene rings is 1. The third kappa shape index (κ3) is 4.13. The third-order valence-corrected chi connectivity index (χ3v) is 2.76. The van der Waals surface area contributed by atoms with Crippen LogP contribution in [-0.4, -0.2) is 12.5 Å². The van der Waals surface area contributed by atoms with Crippen LogP contribution >= 0.6 is 11.6 Å². The quantitative estimate of drug-likeness (QED) is 0.743. The summed E-state index contributed by atoms with van der Waals surface area (Å²) in [5, 5.41) is 8.52. The lowest BCUT2D eigenvalue weighted by atomic mass is 10.0. The largest absolute Gasteiger partial charge is 0.478 e. The molecule has 0 amide bonds. The molecule has 3 heteroatoms. The van der Waals surface area contributed by atoms with Crippen LogP contribution in [0, 0.1) is 17.2 Å². The molecule has 0 radical (unpaired) electrons. The molecule has 0 aromatic heterocycles. The summed E-state index contributed by atoms with van der Waals surface area (Å²) in [4.78, 5) is 0. The van der Waals surface area contributed by atoms with E-state index in [0.717, 1.165) is 16.9 Å². The van der Waals surface area contributed by atoms with Gasteiger partial charge in [0.15, 0.2) is 6.61 Å². The molecule has 0 unspecified atom stereocenters. The zero-order chi connectivity index (χ0) is 12.7. The minimum atomic E-state index is 0.0583. The first kappa shape index (κ1) is 13.6. The Morgan fingerprint density at radius 2 is 2.18 bits per heavy atom. The Balaban J connectivity index is 3.00. The minimum Gasteiger partial charge on any atom is -0.478 e. The van der Waals surface area contributed by atoms with Gasteiger partial charge in [0, 0.05) is 11.4 Å². The SMILES string of the molecule is CC(C)C(=Cc1ccccc1OCC#N)CCl. The maximum Gasteiger partial charge on any atom is 0.174 e. The Morgan fingerprint density at radius 3 is 2.76 bits per heavy atom. The minimum absolute atomic E-state index is 0.0583. The van der Waals surface area contributed by atoms with Crippen LogP contribution in [0.2, 0.25) is 0 Å². The van der Waals surface area contributed by atoms with E-state index in [-0.39, 0.29) is 6.61 Å². The average molecular weight is 250 g/mol. The Labute approximate surface area is 107 Å². The molecule has 2 nitrogen and oxygen atoms in total. The van der Waals surface area contributed by atoms with Crippen molar-refractivity contribution in [2.45, 2.75) is 13.8 Å². The fourth-order valence-electron chi connectivity index (χ4n) is 1.40. The van der Waals surface area contributed by atoms with Gasteiger partial charge in [0.25, 0.3) is 0 Å². The molecule has 0 fully saturated rings. The van der Waals surface area contributed by atoms with Crippen molar-refractivity contribution in [3.8, 4) is 11.8 Å². The fourth-order valence-corrected chi connectivity index (χ4v) is 1.79. The van der Waals surface area contributed by atoms with Gasteiger partial charge in [-0.25, -0.2) is 0 Å². The summed E-state index contributed by atoms with van der Waals surface area (Å²) in [6.07, 6.45) is 2.03. The molecule has 1 aromatic rings. The molecule has 0 saturated heterocycles. The van der Waals surface area contributed by atoms with E-state index in [1.165, 1.54) is 0 Å². The predicted molar refractivity (Wildman–Crippen MR) is 71.1 cm³/mol. The number of nitriles is 1. The number of alkyl halides is 1. The van der Waals surface area contributed by atoms with Crippen LogP contribution in [0.15, 0.2) is 29.8 Å². The number of nitrogens with zero attached hydrogens (tertiary/aromatic N) is 1. The Morgan fingerprint density at radius 1 is 1.47 bits per heavy atom. The van der Waals surface area contributed by atoms with Crippen LogP contribution in [0.4, 0.5) is 0 Å². The lowest BCUT2D eigenvalue weighted by Crippen LogP contribution is -1.98. The second kappa shape index (κ2) is 6.98. The standard InChI is InChI=1S/C14H16ClNO/c1-11(2)13(10-15)9-12-5-3-4-6-14(12)17-8-7-16/h3-6,9,11H,8,10H2,1-2H3. The Kier molecular flexibility index (Phi) is 5.59. The first-order valence-electron chi connectivity index (χ1n) is 5.54. The maximum atomic E-state index is 8.52. The van der Waals surface area contributed by atoms with Crippen molar-refractivity contribution in [2.75, 3.05) is 12.5 Å². The van der Waals surface area contributed by atoms with Crippen LogP contribution in [0.25, 0.3) is 6.08 Å². The molecule has 0 atom stereocenters. The highest BCUT2D eigenvalue weighted by atomic mass is 35.5. The topological polar surface area (TPSA) is 33.0 Å². The summed E-state index contributed by atoms with van der Waals surface area (Å²) in [6, 6.07) is 9.61. The van der Waals surface area contributed by atoms with Crippen molar-refractivity contribution in [1.29, 1.82) is 5.26 Å². The summed E-state index contributed by atoms with van der Waals surface area (Å²) in [5.74, 6) is 1.62. The Hall–Kier alpha value is -1.46. The molecule has 0 N–H and O–H groups in total. The van der Waals surface area contributed by atoms with Gasteiger partial charge >= 0.3 is 0 Å². The summed E-state index contributed by atoms with van der Waals surface area (Å²) >= 11 is 5.91. The lowest BCUT2D eigenvalue weighted by molar-refractivity contribution is 0.367. The summed E-state index contributed by atoms with van der Waals surface area (Å²) in [5.41, 5.74) is 2.12. The van der Waals surface area contributed by atoms with Crippen molar-refractivity contribution in [3.05, 3.63) is 35.4 Å². The van der Waals surface area contributed by atoms with Crippen LogP contribution in [0.1, 0.15) is 19.4 Å². The van der Waals surface area contributed by atoms with Crippen molar-refractivity contribution in [2.24, 2.45) is 5.92 Å². The number of hydrogen-bond donors (Lipinski definition) is 0. The molecular weight excluding hydrogens is 234 g/mol. The molecule has 0 heterocycles. The van der Waals surface area contributed by atoms with Gasteiger partial charge in [0.2, 0.25) is 0 Å². The first-order valence-corrected chi connectivity index (χ1v) is 6.07. The van der Waals surface area contributed by atoms with E-state index < -0.39 is 0 Å². The van der Waals surface area contributed by atoms with Crippen molar-refractivity contribution in [1.82, 2.24) is 0 Å². The van der Waals surface area contributed by atoms with Gasteiger partial charge in [-0.05, 0) is 12.0 Å². The van der Waals surface area contributed by atoms with Crippen molar-refractivity contribution < 1.29 is 4.74 Å². The van der Waals surface area contributed by atoms with Crippen LogP contribution in [-0.2, 0) is 0 Å². The molecule has 0 aliphatic carbocycles. The molecule has 1 rings (SSSR count). The Bertz CT molecular complexity index is 432. The zero-order valence-corrected chi connectivity index (χ0v) is 10.9. The van der Waals surface area contributed by atoms with Gasteiger partial charge in [-0.1, -0.05) is 43.7 Å². The van der Waals surface area contributed by atoms with E-state index in [4.69, 9.17) is 21.6 Å². The average Bonchev–Trinajstić information content (AvgIpc) is 2.34. The number of allylic oxidation sites excluding steroid dienone is 1. The smallest absolute Gasteiger partial charge is 0.174 e. The molecule has 90 valence electrons. The maximum absolute atomic E-state index is 8.52. The third-order valence-electron chi connectivity index (χ3n) is 2.45. The van der Waals surface area contributed by atoms with Gasteiger partial charge in [-0.15, -0.1) is 11.6 Å². The highest BCUT2D eigenvalue weighted by molar-refractivity contribution is 6.19. The monoisotopic (exact) mass is 249 g/mol. The lowest BCUT2D eigenvalue weighted by Gasteiger charge is -2.10. The molecule has 0 bridgehead atoms. The molecule has 0 aliphatic heterocycles. The normalized spacial score (nSPS) is 11.4. The second-order valence-electron chi connectivity index (χ2n) is 3.99. The van der Waals surface area contributed by atoms with E-state index in [2.05, 4.69) is 13.8 Å².